The molecule has 0 saturated heterocycles. The highest BCUT2D eigenvalue weighted by molar-refractivity contribution is 5.80. The van der Waals surface area contributed by atoms with Crippen LogP contribution in [0.15, 0.2) is 34.2 Å². The van der Waals surface area contributed by atoms with Crippen LogP contribution in [0.25, 0.3) is 0 Å². The van der Waals surface area contributed by atoms with E-state index in [4.69, 9.17) is 0 Å². The van der Waals surface area contributed by atoms with Crippen LogP contribution in [0.5, 0.6) is 0 Å². The number of pyridine rings is 1. The molecule has 0 amide bonds. The molecule has 1 rings (SSSR count). The molecule has 22 heavy (non-hydrogen) atoms. The highest BCUT2D eigenvalue weighted by Crippen LogP contribution is 1.99. The van der Waals surface area contributed by atoms with Crippen LogP contribution >= 0.6 is 0 Å². The van der Waals surface area contributed by atoms with Gasteiger partial charge in [-0.3, -0.25) is 9.79 Å². The first-order valence-corrected chi connectivity index (χ1v) is 8.25. The average molecular weight is 306 g/mol. The van der Waals surface area contributed by atoms with Crippen molar-refractivity contribution in [2.75, 3.05) is 13.1 Å². The van der Waals surface area contributed by atoms with Gasteiger partial charge in [0.25, 0.3) is 0 Å². The van der Waals surface area contributed by atoms with E-state index in [9.17, 15) is 4.79 Å². The molecule has 1 heterocycles. The number of hydrogen-bond acceptors (Lipinski definition) is 2. The Balaban J connectivity index is 2.37. The SMILES string of the molecule is CCNC(=NCCCCn1ccccc1=O)NC(C)C(C)C. The number of aliphatic imine (C=N–C) groups is 1. The molecule has 124 valence electrons. The van der Waals surface area contributed by atoms with Crippen LogP contribution in [0, 0.1) is 5.92 Å². The predicted molar refractivity (Wildman–Crippen MR) is 93.4 cm³/mol. The number of unbranched alkanes of at least 4 members (excludes halogenated alkanes) is 1. The molecule has 0 aliphatic heterocycles. The normalized spacial score (nSPS) is 13.2. The van der Waals surface area contributed by atoms with Gasteiger partial charge in [0, 0.05) is 37.9 Å². The second kappa shape index (κ2) is 10.0. The Bertz CT molecular complexity index is 507. The van der Waals surface area contributed by atoms with Crippen molar-refractivity contribution in [3.05, 3.63) is 34.7 Å². The van der Waals surface area contributed by atoms with Gasteiger partial charge in [0.15, 0.2) is 5.96 Å². The van der Waals surface area contributed by atoms with Gasteiger partial charge in [-0.05, 0) is 38.7 Å². The third-order valence-corrected chi connectivity index (χ3v) is 3.68. The number of nitrogens with one attached hydrogen (secondary N) is 2. The number of guanidine groups is 1. The molecule has 5 nitrogen and oxygen atoms in total. The van der Waals surface area contributed by atoms with E-state index in [-0.39, 0.29) is 5.56 Å². The quantitative estimate of drug-likeness (QED) is 0.440. The second-order valence-corrected chi connectivity index (χ2v) is 5.88. The summed E-state index contributed by atoms with van der Waals surface area (Å²) in [4.78, 5) is 16.2. The summed E-state index contributed by atoms with van der Waals surface area (Å²) in [6.45, 7) is 11.0. The van der Waals surface area contributed by atoms with Gasteiger partial charge >= 0.3 is 0 Å². The lowest BCUT2D eigenvalue weighted by molar-refractivity contribution is 0.480. The summed E-state index contributed by atoms with van der Waals surface area (Å²) in [6.07, 6.45) is 3.75. The molecule has 2 N–H and O–H groups in total. The molecule has 0 spiro atoms. The molecular weight excluding hydrogens is 276 g/mol. The molecule has 1 aromatic rings. The monoisotopic (exact) mass is 306 g/mol. The molecule has 1 atom stereocenters. The smallest absolute Gasteiger partial charge is 0.250 e. The van der Waals surface area contributed by atoms with E-state index >= 15 is 0 Å². The second-order valence-electron chi connectivity index (χ2n) is 5.88. The Morgan fingerprint density at radius 3 is 2.68 bits per heavy atom. The zero-order valence-electron chi connectivity index (χ0n) is 14.3. The summed E-state index contributed by atoms with van der Waals surface area (Å²) >= 11 is 0. The number of rotatable bonds is 8. The van der Waals surface area contributed by atoms with Gasteiger partial charge in [0.05, 0.1) is 0 Å². The molecule has 0 saturated carbocycles. The average Bonchev–Trinajstić information content (AvgIpc) is 2.48. The van der Waals surface area contributed by atoms with E-state index in [1.807, 2.05) is 12.3 Å². The fourth-order valence-corrected chi connectivity index (χ4v) is 1.93. The Hall–Kier alpha value is -1.78. The van der Waals surface area contributed by atoms with Crippen LogP contribution < -0.4 is 16.2 Å². The zero-order chi connectivity index (χ0) is 16.4. The maximum Gasteiger partial charge on any atom is 0.250 e. The number of nitrogens with zero attached hydrogens (tertiary/aromatic N) is 2. The lowest BCUT2D eigenvalue weighted by Crippen LogP contribution is -2.44. The van der Waals surface area contributed by atoms with Crippen molar-refractivity contribution in [2.45, 2.75) is 53.1 Å². The van der Waals surface area contributed by atoms with Crippen molar-refractivity contribution in [1.82, 2.24) is 15.2 Å². The van der Waals surface area contributed by atoms with E-state index in [0.717, 1.165) is 38.4 Å². The van der Waals surface area contributed by atoms with Crippen LogP contribution in [0.1, 0.15) is 40.5 Å². The standard InChI is InChI=1S/C17H30N4O/c1-5-18-17(20-15(4)14(2)3)19-11-7-9-13-21-12-8-6-10-16(21)22/h6,8,10,12,14-15H,5,7,9,11,13H2,1-4H3,(H2,18,19,20). The van der Waals surface area contributed by atoms with E-state index in [1.54, 1.807) is 16.7 Å². The fourth-order valence-electron chi connectivity index (χ4n) is 1.93. The minimum atomic E-state index is 0.0618. The van der Waals surface area contributed by atoms with Gasteiger partial charge in [0.1, 0.15) is 0 Å². The van der Waals surface area contributed by atoms with Crippen molar-refractivity contribution in [2.24, 2.45) is 10.9 Å². The zero-order valence-corrected chi connectivity index (χ0v) is 14.3. The minimum absolute atomic E-state index is 0.0618. The summed E-state index contributed by atoms with van der Waals surface area (Å²) in [5.41, 5.74) is 0.0618. The molecule has 0 aromatic carbocycles. The first-order valence-electron chi connectivity index (χ1n) is 8.25. The van der Waals surface area contributed by atoms with Gasteiger partial charge in [-0.1, -0.05) is 19.9 Å². The molecular formula is C17H30N4O. The molecule has 0 aliphatic carbocycles. The highest BCUT2D eigenvalue weighted by Gasteiger charge is 2.08. The van der Waals surface area contributed by atoms with Crippen molar-refractivity contribution in [1.29, 1.82) is 0 Å². The van der Waals surface area contributed by atoms with E-state index in [0.29, 0.717) is 12.0 Å². The summed E-state index contributed by atoms with van der Waals surface area (Å²) in [7, 11) is 0. The summed E-state index contributed by atoms with van der Waals surface area (Å²) in [5.74, 6) is 1.44. The van der Waals surface area contributed by atoms with Crippen LogP contribution in [-0.2, 0) is 6.54 Å². The Morgan fingerprint density at radius 1 is 1.27 bits per heavy atom. The Morgan fingerprint density at radius 2 is 2.05 bits per heavy atom. The Labute approximate surface area is 133 Å². The van der Waals surface area contributed by atoms with E-state index in [2.05, 4.69) is 43.3 Å². The van der Waals surface area contributed by atoms with Crippen LogP contribution in [0.4, 0.5) is 0 Å². The first-order chi connectivity index (χ1) is 10.5. The van der Waals surface area contributed by atoms with Crippen LogP contribution in [0.2, 0.25) is 0 Å². The molecule has 1 aromatic heterocycles. The molecule has 0 radical (unpaired) electrons. The van der Waals surface area contributed by atoms with E-state index in [1.165, 1.54) is 0 Å². The molecule has 0 fully saturated rings. The van der Waals surface area contributed by atoms with Crippen LogP contribution in [-0.4, -0.2) is 29.7 Å². The Kier molecular flexibility index (Phi) is 8.33. The number of aromatic nitrogens is 1. The molecule has 0 aliphatic rings. The maximum absolute atomic E-state index is 11.6. The third-order valence-electron chi connectivity index (χ3n) is 3.68. The van der Waals surface area contributed by atoms with Crippen molar-refractivity contribution in [3.8, 4) is 0 Å². The fraction of sp³-hybridized carbons (Fsp3) is 0.647. The van der Waals surface area contributed by atoms with Crippen molar-refractivity contribution < 1.29 is 0 Å². The van der Waals surface area contributed by atoms with Gasteiger partial charge in [-0.2, -0.15) is 0 Å². The lowest BCUT2D eigenvalue weighted by atomic mass is 10.1. The molecule has 0 bridgehead atoms. The third kappa shape index (κ3) is 6.78. The van der Waals surface area contributed by atoms with Gasteiger partial charge < -0.3 is 15.2 Å². The maximum atomic E-state index is 11.6. The topological polar surface area (TPSA) is 58.4 Å². The number of hydrogen-bond donors (Lipinski definition) is 2. The first kappa shape index (κ1) is 18.3. The van der Waals surface area contributed by atoms with Gasteiger partial charge in [-0.25, -0.2) is 0 Å². The van der Waals surface area contributed by atoms with Gasteiger partial charge in [0.2, 0.25) is 5.56 Å². The molecule has 1 unspecified atom stereocenters. The van der Waals surface area contributed by atoms with Gasteiger partial charge in [-0.15, -0.1) is 0 Å². The minimum Gasteiger partial charge on any atom is -0.357 e. The van der Waals surface area contributed by atoms with Crippen LogP contribution in [0.3, 0.4) is 0 Å². The highest BCUT2D eigenvalue weighted by atomic mass is 16.1. The largest absolute Gasteiger partial charge is 0.357 e. The van der Waals surface area contributed by atoms with Crippen molar-refractivity contribution >= 4 is 5.96 Å². The van der Waals surface area contributed by atoms with Crippen molar-refractivity contribution in [3.63, 3.8) is 0 Å². The summed E-state index contributed by atoms with van der Waals surface area (Å²) < 4.78 is 1.74. The van der Waals surface area contributed by atoms with E-state index < -0.39 is 0 Å². The predicted octanol–water partition coefficient (Wildman–Crippen LogP) is 2.23. The number of aryl methyl sites for hydroxylation is 1. The lowest BCUT2D eigenvalue weighted by Gasteiger charge is -2.20. The summed E-state index contributed by atoms with van der Waals surface area (Å²) in [6, 6.07) is 5.65. The molecule has 5 heteroatoms. The summed E-state index contributed by atoms with van der Waals surface area (Å²) in [5, 5.41) is 6.69.